The molecule has 0 fully saturated rings. The monoisotopic (exact) mass is 193 g/mol. The minimum Gasteiger partial charge on any atom is -0.396 e. The van der Waals surface area contributed by atoms with E-state index in [4.69, 9.17) is 5.11 Å². The van der Waals surface area contributed by atoms with Gasteiger partial charge in [-0.15, -0.1) is 0 Å². The Morgan fingerprint density at radius 1 is 1.21 bits per heavy atom. The zero-order valence-electron chi connectivity index (χ0n) is 9.03. The van der Waals surface area contributed by atoms with Gasteiger partial charge < -0.3 is 10.0 Å². The highest BCUT2D eigenvalue weighted by Crippen LogP contribution is 2.08. The van der Waals surface area contributed by atoms with E-state index in [-0.39, 0.29) is 6.61 Å². The quantitative estimate of drug-likeness (QED) is 0.769. The van der Waals surface area contributed by atoms with Crippen molar-refractivity contribution in [3.05, 3.63) is 35.4 Å². The molecule has 0 aromatic heterocycles. The normalized spacial score (nSPS) is 10.9. The van der Waals surface area contributed by atoms with Crippen LogP contribution in [0.2, 0.25) is 0 Å². The molecule has 0 atom stereocenters. The summed E-state index contributed by atoms with van der Waals surface area (Å²) in [6.07, 6.45) is 1.82. The molecule has 14 heavy (non-hydrogen) atoms. The standard InChI is InChI=1S/C12H19NO/c1-13(2)10-12-6-3-5-11(9-12)7-4-8-14/h3,5-6,9,14H,4,7-8,10H2,1-2H3. The smallest absolute Gasteiger partial charge is 0.0434 e. The van der Waals surface area contributed by atoms with E-state index >= 15 is 0 Å². The number of aliphatic hydroxyl groups is 1. The van der Waals surface area contributed by atoms with Gasteiger partial charge in [0.05, 0.1) is 0 Å². The Labute approximate surface area is 86.2 Å². The van der Waals surface area contributed by atoms with Crippen LogP contribution in [0.25, 0.3) is 0 Å². The van der Waals surface area contributed by atoms with E-state index in [0.29, 0.717) is 0 Å². The van der Waals surface area contributed by atoms with E-state index in [1.54, 1.807) is 0 Å². The van der Waals surface area contributed by atoms with Crippen molar-refractivity contribution in [3.63, 3.8) is 0 Å². The van der Waals surface area contributed by atoms with E-state index in [2.05, 4.69) is 43.3 Å². The van der Waals surface area contributed by atoms with Gasteiger partial charge in [0.25, 0.3) is 0 Å². The Hall–Kier alpha value is -0.860. The van der Waals surface area contributed by atoms with Crippen molar-refractivity contribution in [2.75, 3.05) is 20.7 Å². The average Bonchev–Trinajstić information content (AvgIpc) is 2.14. The summed E-state index contributed by atoms with van der Waals surface area (Å²) < 4.78 is 0. The highest BCUT2D eigenvalue weighted by atomic mass is 16.2. The molecular weight excluding hydrogens is 174 g/mol. The second-order valence-electron chi connectivity index (χ2n) is 3.88. The van der Waals surface area contributed by atoms with Crippen LogP contribution in [0.1, 0.15) is 17.5 Å². The molecule has 1 N–H and O–H groups in total. The molecule has 0 spiro atoms. The van der Waals surface area contributed by atoms with Crippen molar-refractivity contribution < 1.29 is 5.11 Å². The molecule has 0 radical (unpaired) electrons. The van der Waals surface area contributed by atoms with Gasteiger partial charge in [0.15, 0.2) is 0 Å². The van der Waals surface area contributed by atoms with Gasteiger partial charge in [0.1, 0.15) is 0 Å². The SMILES string of the molecule is CN(C)Cc1cccc(CCCO)c1. The Bertz CT molecular complexity index is 271. The lowest BCUT2D eigenvalue weighted by Crippen LogP contribution is -2.10. The van der Waals surface area contributed by atoms with Crippen molar-refractivity contribution in [2.45, 2.75) is 19.4 Å². The summed E-state index contributed by atoms with van der Waals surface area (Å²) in [5.41, 5.74) is 2.66. The molecule has 0 aliphatic carbocycles. The molecule has 2 heteroatoms. The Kier molecular flexibility index (Phi) is 4.63. The van der Waals surface area contributed by atoms with Gasteiger partial charge in [-0.2, -0.15) is 0 Å². The first-order chi connectivity index (χ1) is 6.72. The summed E-state index contributed by atoms with van der Waals surface area (Å²) in [5.74, 6) is 0. The van der Waals surface area contributed by atoms with Gasteiger partial charge in [-0.05, 0) is 38.1 Å². The van der Waals surface area contributed by atoms with E-state index in [1.165, 1.54) is 11.1 Å². The van der Waals surface area contributed by atoms with Crippen LogP contribution in [0.15, 0.2) is 24.3 Å². The van der Waals surface area contributed by atoms with Crippen LogP contribution in [0, 0.1) is 0 Å². The summed E-state index contributed by atoms with van der Waals surface area (Å²) >= 11 is 0. The predicted molar refractivity (Wildman–Crippen MR) is 59.2 cm³/mol. The summed E-state index contributed by atoms with van der Waals surface area (Å²) in [6, 6.07) is 8.57. The second kappa shape index (κ2) is 5.78. The first kappa shape index (κ1) is 11.2. The van der Waals surface area contributed by atoms with Crippen LogP contribution in [0.4, 0.5) is 0 Å². The van der Waals surface area contributed by atoms with E-state index in [0.717, 1.165) is 19.4 Å². The molecule has 0 heterocycles. The molecule has 1 rings (SSSR count). The van der Waals surface area contributed by atoms with E-state index < -0.39 is 0 Å². The fraction of sp³-hybridized carbons (Fsp3) is 0.500. The van der Waals surface area contributed by atoms with Crippen LogP contribution < -0.4 is 0 Å². The lowest BCUT2D eigenvalue weighted by atomic mass is 10.1. The molecule has 0 unspecified atom stereocenters. The Morgan fingerprint density at radius 2 is 1.93 bits per heavy atom. The van der Waals surface area contributed by atoms with Crippen LogP contribution in [0.5, 0.6) is 0 Å². The van der Waals surface area contributed by atoms with Gasteiger partial charge in [0.2, 0.25) is 0 Å². The molecule has 1 aromatic carbocycles. The topological polar surface area (TPSA) is 23.5 Å². The van der Waals surface area contributed by atoms with Crippen molar-refractivity contribution in [3.8, 4) is 0 Å². The third-order valence-electron chi connectivity index (χ3n) is 2.11. The summed E-state index contributed by atoms with van der Waals surface area (Å²) in [5, 5.41) is 8.73. The molecular formula is C12H19NO. The largest absolute Gasteiger partial charge is 0.396 e. The zero-order chi connectivity index (χ0) is 10.4. The second-order valence-corrected chi connectivity index (χ2v) is 3.88. The molecule has 0 aliphatic rings. The van der Waals surface area contributed by atoms with Crippen LogP contribution in [0.3, 0.4) is 0 Å². The average molecular weight is 193 g/mol. The number of rotatable bonds is 5. The van der Waals surface area contributed by atoms with E-state index in [1.807, 2.05) is 0 Å². The number of aryl methyl sites for hydroxylation is 1. The molecule has 0 saturated heterocycles. The summed E-state index contributed by atoms with van der Waals surface area (Å²) in [7, 11) is 4.14. The number of benzene rings is 1. The van der Waals surface area contributed by atoms with Crippen LogP contribution >= 0.6 is 0 Å². The third-order valence-corrected chi connectivity index (χ3v) is 2.11. The molecule has 0 aliphatic heterocycles. The fourth-order valence-corrected chi connectivity index (χ4v) is 1.53. The van der Waals surface area contributed by atoms with Crippen molar-refractivity contribution in [2.24, 2.45) is 0 Å². The fourth-order valence-electron chi connectivity index (χ4n) is 1.53. The molecule has 0 bridgehead atoms. The molecule has 2 nitrogen and oxygen atoms in total. The third kappa shape index (κ3) is 3.90. The number of hydrogen-bond acceptors (Lipinski definition) is 2. The maximum absolute atomic E-state index is 8.73. The molecule has 0 amide bonds. The van der Waals surface area contributed by atoms with E-state index in [9.17, 15) is 0 Å². The maximum Gasteiger partial charge on any atom is 0.0434 e. The van der Waals surface area contributed by atoms with Gasteiger partial charge in [-0.3, -0.25) is 0 Å². The van der Waals surface area contributed by atoms with Crippen molar-refractivity contribution in [1.82, 2.24) is 4.90 Å². The zero-order valence-corrected chi connectivity index (χ0v) is 9.03. The maximum atomic E-state index is 8.73. The lowest BCUT2D eigenvalue weighted by molar-refractivity contribution is 0.288. The van der Waals surface area contributed by atoms with Crippen LogP contribution in [-0.4, -0.2) is 30.7 Å². The summed E-state index contributed by atoms with van der Waals surface area (Å²) in [4.78, 5) is 2.16. The molecule has 1 aromatic rings. The molecule has 78 valence electrons. The number of nitrogens with zero attached hydrogens (tertiary/aromatic N) is 1. The van der Waals surface area contributed by atoms with Crippen molar-refractivity contribution in [1.29, 1.82) is 0 Å². The highest BCUT2D eigenvalue weighted by molar-refractivity contribution is 5.23. The van der Waals surface area contributed by atoms with Crippen LogP contribution in [-0.2, 0) is 13.0 Å². The van der Waals surface area contributed by atoms with Gasteiger partial charge in [0, 0.05) is 13.2 Å². The number of aliphatic hydroxyl groups excluding tert-OH is 1. The summed E-state index contributed by atoms with van der Waals surface area (Å²) in [6.45, 7) is 1.25. The minimum absolute atomic E-state index is 0.276. The number of hydrogen-bond donors (Lipinski definition) is 1. The van der Waals surface area contributed by atoms with Gasteiger partial charge >= 0.3 is 0 Å². The highest BCUT2D eigenvalue weighted by Gasteiger charge is 1.97. The van der Waals surface area contributed by atoms with Gasteiger partial charge in [-0.25, -0.2) is 0 Å². The Balaban J connectivity index is 2.59. The predicted octanol–water partition coefficient (Wildman–Crippen LogP) is 1.67. The van der Waals surface area contributed by atoms with Gasteiger partial charge in [-0.1, -0.05) is 24.3 Å². The lowest BCUT2D eigenvalue weighted by Gasteiger charge is -2.10. The van der Waals surface area contributed by atoms with Crippen molar-refractivity contribution >= 4 is 0 Å². The minimum atomic E-state index is 0.276. The Morgan fingerprint density at radius 3 is 2.57 bits per heavy atom. The first-order valence-corrected chi connectivity index (χ1v) is 5.06. The first-order valence-electron chi connectivity index (χ1n) is 5.06. The molecule has 0 saturated carbocycles.